The third-order valence-electron chi connectivity index (χ3n) is 6.62. The van der Waals surface area contributed by atoms with E-state index in [2.05, 4.69) is 5.32 Å². The van der Waals surface area contributed by atoms with Crippen molar-refractivity contribution >= 4 is 34.9 Å². The summed E-state index contributed by atoms with van der Waals surface area (Å²) in [4.78, 5) is 12.6. The van der Waals surface area contributed by atoms with E-state index in [1.165, 1.54) is 42.0 Å². The highest BCUT2D eigenvalue weighted by Gasteiger charge is 2.25. The average molecular weight is 482 g/mol. The van der Waals surface area contributed by atoms with Crippen LogP contribution in [0.1, 0.15) is 40.0 Å². The molecule has 34 heavy (non-hydrogen) atoms. The Hall–Kier alpha value is -3.38. The zero-order valence-corrected chi connectivity index (χ0v) is 19.4. The van der Waals surface area contributed by atoms with Gasteiger partial charge < -0.3 is 11.2 Å². The number of amides is 1. The molecule has 1 aromatic heterocycles. The number of aromatic nitrogens is 1. The number of hydrogen-bond acceptors (Lipinski definition) is 2. The van der Waals surface area contributed by atoms with Crippen LogP contribution in [0.2, 0.25) is 0 Å². The molecule has 5 rings (SSSR count). The topological polar surface area (TPSA) is 60.0 Å². The lowest BCUT2D eigenvalue weighted by molar-refractivity contribution is 0.102. The van der Waals surface area contributed by atoms with Gasteiger partial charge in [-0.2, -0.15) is 0 Å². The van der Waals surface area contributed by atoms with Gasteiger partial charge in [0.05, 0.1) is 5.52 Å². The van der Waals surface area contributed by atoms with Gasteiger partial charge in [-0.15, -0.1) is 12.4 Å². The van der Waals surface area contributed by atoms with Crippen molar-refractivity contribution < 1.29 is 13.6 Å². The van der Waals surface area contributed by atoms with Gasteiger partial charge in [0.15, 0.2) is 0 Å². The van der Waals surface area contributed by atoms with E-state index < -0.39 is 0 Å². The zero-order valence-electron chi connectivity index (χ0n) is 18.6. The predicted molar refractivity (Wildman–Crippen MR) is 134 cm³/mol. The molecule has 1 amide bonds. The Kier molecular flexibility index (Phi) is 6.89. The summed E-state index contributed by atoms with van der Waals surface area (Å²) in [5, 5.41) is 3.96. The van der Waals surface area contributed by atoms with Crippen molar-refractivity contribution in [3.63, 3.8) is 0 Å². The molecule has 4 aromatic rings. The SMILES string of the molecule is Cl.Nn1c2c(c3cc(NC(=O)c4ccc(F)cc4)ccc31)CC(CCc1ccc(F)cc1)CC2. The van der Waals surface area contributed by atoms with E-state index in [4.69, 9.17) is 5.84 Å². The van der Waals surface area contributed by atoms with E-state index in [0.717, 1.165) is 54.3 Å². The summed E-state index contributed by atoms with van der Waals surface area (Å²) in [6.45, 7) is 0. The molecule has 4 nitrogen and oxygen atoms in total. The summed E-state index contributed by atoms with van der Waals surface area (Å²) >= 11 is 0. The van der Waals surface area contributed by atoms with Crippen molar-refractivity contribution in [3.8, 4) is 0 Å². The van der Waals surface area contributed by atoms with Crippen LogP contribution >= 0.6 is 12.4 Å². The number of nitrogens with zero attached hydrogens (tertiary/aromatic N) is 1. The van der Waals surface area contributed by atoms with Crippen molar-refractivity contribution in [2.24, 2.45) is 5.92 Å². The van der Waals surface area contributed by atoms with Crippen molar-refractivity contribution in [2.75, 3.05) is 11.2 Å². The van der Waals surface area contributed by atoms with Crippen LogP contribution in [0, 0.1) is 17.6 Å². The second-order valence-electron chi connectivity index (χ2n) is 8.76. The maximum absolute atomic E-state index is 13.2. The zero-order chi connectivity index (χ0) is 22.9. The number of nitrogens with one attached hydrogen (secondary N) is 1. The van der Waals surface area contributed by atoms with E-state index >= 15 is 0 Å². The van der Waals surface area contributed by atoms with Crippen molar-refractivity contribution in [1.29, 1.82) is 0 Å². The van der Waals surface area contributed by atoms with Gasteiger partial charge >= 0.3 is 0 Å². The Labute approximate surface area is 203 Å². The lowest BCUT2D eigenvalue weighted by atomic mass is 9.83. The lowest BCUT2D eigenvalue weighted by Gasteiger charge is -2.23. The fraction of sp³-hybridized carbons (Fsp3) is 0.222. The van der Waals surface area contributed by atoms with Crippen LogP contribution in [0.25, 0.3) is 10.9 Å². The minimum absolute atomic E-state index is 0. The summed E-state index contributed by atoms with van der Waals surface area (Å²) in [6.07, 6.45) is 4.85. The van der Waals surface area contributed by atoms with Gasteiger partial charge in [-0.3, -0.25) is 9.47 Å². The molecule has 1 aliphatic rings. The van der Waals surface area contributed by atoms with Gasteiger partial charge in [0.1, 0.15) is 11.6 Å². The molecule has 1 aliphatic carbocycles. The number of fused-ring (bicyclic) bond motifs is 3. The van der Waals surface area contributed by atoms with E-state index in [1.54, 1.807) is 4.68 Å². The van der Waals surface area contributed by atoms with Gasteiger partial charge in [0.2, 0.25) is 0 Å². The normalized spacial score (nSPS) is 14.9. The summed E-state index contributed by atoms with van der Waals surface area (Å²) in [5.41, 5.74) is 5.55. The molecule has 0 radical (unpaired) electrons. The van der Waals surface area contributed by atoms with Crippen LogP contribution < -0.4 is 11.2 Å². The van der Waals surface area contributed by atoms with Gasteiger partial charge in [-0.1, -0.05) is 12.1 Å². The van der Waals surface area contributed by atoms with Crippen LogP contribution in [-0.2, 0) is 19.3 Å². The fourth-order valence-corrected chi connectivity index (χ4v) is 4.82. The highest BCUT2D eigenvalue weighted by molar-refractivity contribution is 6.05. The predicted octanol–water partition coefficient (Wildman–Crippen LogP) is 6.05. The molecular formula is C27H26ClF2N3O. The lowest BCUT2D eigenvalue weighted by Crippen LogP contribution is -2.19. The molecule has 3 aromatic carbocycles. The minimum atomic E-state index is -0.377. The van der Waals surface area contributed by atoms with Gasteiger partial charge in [0.25, 0.3) is 5.91 Å². The number of anilines is 1. The monoisotopic (exact) mass is 481 g/mol. The summed E-state index contributed by atoms with van der Waals surface area (Å²) in [7, 11) is 0. The molecule has 0 bridgehead atoms. The van der Waals surface area contributed by atoms with E-state index in [-0.39, 0.29) is 29.9 Å². The number of aryl methyl sites for hydroxylation is 1. The molecule has 0 aliphatic heterocycles. The van der Waals surface area contributed by atoms with E-state index in [9.17, 15) is 13.6 Å². The molecule has 7 heteroatoms. The van der Waals surface area contributed by atoms with E-state index in [1.807, 2.05) is 30.3 Å². The van der Waals surface area contributed by atoms with Crippen LogP contribution in [0.4, 0.5) is 14.5 Å². The first-order valence-electron chi connectivity index (χ1n) is 11.2. The standard InChI is InChI=1S/C27H25F2N3O.ClH/c28-20-8-3-17(4-9-20)1-2-18-5-13-25-23(15-18)24-16-22(12-14-26(24)32(25)30)31-27(33)19-6-10-21(29)11-7-19;/h3-4,6-12,14,16,18H,1-2,5,13,15,30H2,(H,31,33);1H. The summed E-state index contributed by atoms with van der Waals surface area (Å²) < 4.78 is 28.1. The fourth-order valence-electron chi connectivity index (χ4n) is 4.82. The first-order chi connectivity index (χ1) is 16.0. The molecule has 0 fully saturated rings. The molecule has 1 atom stereocenters. The Balaban J connectivity index is 0.00000274. The smallest absolute Gasteiger partial charge is 0.255 e. The highest BCUT2D eigenvalue weighted by atomic mass is 35.5. The quantitative estimate of drug-likeness (QED) is 0.341. The van der Waals surface area contributed by atoms with Crippen LogP contribution in [0.5, 0.6) is 0 Å². The molecule has 1 unspecified atom stereocenters. The van der Waals surface area contributed by atoms with Crippen LogP contribution in [0.3, 0.4) is 0 Å². The van der Waals surface area contributed by atoms with Gasteiger partial charge in [-0.05, 0) is 104 Å². The first kappa shape index (κ1) is 23.8. The number of carbonyl (C=O) groups excluding carboxylic acids is 1. The molecular weight excluding hydrogens is 456 g/mol. The Bertz CT molecular complexity index is 1320. The molecule has 1 heterocycles. The minimum Gasteiger partial charge on any atom is -0.339 e. The Morgan fingerprint density at radius 3 is 2.38 bits per heavy atom. The number of nitrogens with two attached hydrogens (primary N) is 1. The highest BCUT2D eigenvalue weighted by Crippen LogP contribution is 2.36. The van der Waals surface area contributed by atoms with Gasteiger partial charge in [0, 0.05) is 22.3 Å². The van der Waals surface area contributed by atoms with Crippen molar-refractivity contribution in [3.05, 3.63) is 101 Å². The largest absolute Gasteiger partial charge is 0.339 e. The summed E-state index contributed by atoms with van der Waals surface area (Å²) in [6, 6.07) is 17.9. The third kappa shape index (κ3) is 4.77. The molecule has 3 N–H and O–H groups in total. The van der Waals surface area contributed by atoms with E-state index in [0.29, 0.717) is 17.2 Å². The molecule has 0 spiro atoms. The molecule has 176 valence electrons. The number of nitrogen functional groups attached to an aromatic ring is 1. The third-order valence-corrected chi connectivity index (χ3v) is 6.62. The average Bonchev–Trinajstić information content (AvgIpc) is 3.10. The number of hydrogen-bond donors (Lipinski definition) is 2. The number of rotatable bonds is 5. The Morgan fingerprint density at radius 2 is 1.68 bits per heavy atom. The second-order valence-corrected chi connectivity index (χ2v) is 8.76. The number of benzene rings is 3. The number of halogens is 3. The van der Waals surface area contributed by atoms with Crippen LogP contribution in [0.15, 0.2) is 66.7 Å². The number of carbonyl (C=O) groups is 1. The van der Waals surface area contributed by atoms with Crippen LogP contribution in [-0.4, -0.2) is 10.6 Å². The van der Waals surface area contributed by atoms with Crippen molar-refractivity contribution in [2.45, 2.75) is 32.1 Å². The second kappa shape index (κ2) is 9.85. The molecule has 0 saturated heterocycles. The summed E-state index contributed by atoms with van der Waals surface area (Å²) in [5.74, 6) is 6.05. The maximum atomic E-state index is 13.2. The first-order valence-corrected chi connectivity index (χ1v) is 11.2. The molecule has 0 saturated carbocycles. The Morgan fingerprint density at radius 1 is 1.00 bits per heavy atom. The van der Waals surface area contributed by atoms with Crippen molar-refractivity contribution in [1.82, 2.24) is 4.68 Å². The van der Waals surface area contributed by atoms with Gasteiger partial charge in [-0.25, -0.2) is 8.78 Å². The maximum Gasteiger partial charge on any atom is 0.255 e.